The zero-order chi connectivity index (χ0) is 10.8. The van der Waals surface area contributed by atoms with Crippen molar-refractivity contribution in [2.75, 3.05) is 5.73 Å². The summed E-state index contributed by atoms with van der Waals surface area (Å²) in [4.78, 5) is 15.5. The molecule has 0 atom stereocenters. The Morgan fingerprint density at radius 3 is 2.73 bits per heavy atom. The van der Waals surface area contributed by atoms with Gasteiger partial charge in [-0.1, -0.05) is 6.07 Å². The van der Waals surface area contributed by atoms with Gasteiger partial charge in [0.05, 0.1) is 6.54 Å². The standard InChI is InChI=1S/C10H12N4O/c1-13-4-5-14(10(13)15)7-8-2-3-9(11)12-6-8/h2-6H,7H2,1H3,(H2,11,12). The summed E-state index contributed by atoms with van der Waals surface area (Å²) in [7, 11) is 1.72. The number of hydrogen-bond donors (Lipinski definition) is 1. The van der Waals surface area contributed by atoms with E-state index in [1.54, 1.807) is 36.3 Å². The van der Waals surface area contributed by atoms with Gasteiger partial charge in [-0.2, -0.15) is 0 Å². The van der Waals surface area contributed by atoms with Crippen LogP contribution in [0.5, 0.6) is 0 Å². The van der Waals surface area contributed by atoms with Crippen molar-refractivity contribution >= 4 is 5.82 Å². The van der Waals surface area contributed by atoms with Crippen molar-refractivity contribution in [3.05, 3.63) is 46.8 Å². The van der Waals surface area contributed by atoms with Crippen LogP contribution in [0.15, 0.2) is 35.5 Å². The monoisotopic (exact) mass is 204 g/mol. The molecule has 0 amide bonds. The van der Waals surface area contributed by atoms with Gasteiger partial charge >= 0.3 is 5.69 Å². The summed E-state index contributed by atoms with van der Waals surface area (Å²) in [5, 5.41) is 0. The van der Waals surface area contributed by atoms with E-state index in [-0.39, 0.29) is 5.69 Å². The maximum absolute atomic E-state index is 11.5. The van der Waals surface area contributed by atoms with Gasteiger partial charge in [0.15, 0.2) is 0 Å². The molecule has 0 aliphatic carbocycles. The van der Waals surface area contributed by atoms with Crippen LogP contribution in [0.4, 0.5) is 5.82 Å². The molecule has 5 heteroatoms. The number of rotatable bonds is 2. The number of pyridine rings is 1. The highest BCUT2D eigenvalue weighted by Gasteiger charge is 2.00. The Bertz CT molecular complexity index is 509. The van der Waals surface area contributed by atoms with Crippen LogP contribution in [0.2, 0.25) is 0 Å². The molecule has 15 heavy (non-hydrogen) atoms. The number of imidazole rings is 1. The third kappa shape index (κ3) is 1.90. The van der Waals surface area contributed by atoms with Gasteiger partial charge in [0.25, 0.3) is 0 Å². The molecule has 2 aromatic rings. The molecule has 78 valence electrons. The summed E-state index contributed by atoms with van der Waals surface area (Å²) < 4.78 is 3.15. The molecule has 2 rings (SSSR count). The summed E-state index contributed by atoms with van der Waals surface area (Å²) in [5.74, 6) is 0.485. The predicted octanol–water partition coefficient (Wildman–Crippen LogP) is 0.212. The molecular formula is C10H12N4O. The van der Waals surface area contributed by atoms with Gasteiger partial charge in [0.1, 0.15) is 5.82 Å². The van der Waals surface area contributed by atoms with Crippen LogP contribution < -0.4 is 11.4 Å². The zero-order valence-electron chi connectivity index (χ0n) is 8.42. The van der Waals surface area contributed by atoms with E-state index in [1.807, 2.05) is 6.07 Å². The SMILES string of the molecule is Cn1ccn(Cc2ccc(N)nc2)c1=O. The lowest BCUT2D eigenvalue weighted by Crippen LogP contribution is -2.22. The van der Waals surface area contributed by atoms with Crippen molar-refractivity contribution < 1.29 is 0 Å². The summed E-state index contributed by atoms with van der Waals surface area (Å²) in [6, 6.07) is 3.59. The van der Waals surface area contributed by atoms with Crippen LogP contribution >= 0.6 is 0 Å². The molecule has 0 fully saturated rings. The molecule has 0 unspecified atom stereocenters. The van der Waals surface area contributed by atoms with Gasteiger partial charge in [-0.3, -0.25) is 4.57 Å². The molecule has 0 bridgehead atoms. The average molecular weight is 204 g/mol. The fourth-order valence-electron chi connectivity index (χ4n) is 1.36. The van der Waals surface area contributed by atoms with Crippen LogP contribution in [-0.2, 0) is 13.6 Å². The van der Waals surface area contributed by atoms with Crippen molar-refractivity contribution in [1.82, 2.24) is 14.1 Å². The van der Waals surface area contributed by atoms with Gasteiger partial charge in [0, 0.05) is 25.6 Å². The Labute approximate surface area is 86.8 Å². The lowest BCUT2D eigenvalue weighted by Gasteiger charge is -2.01. The number of aromatic nitrogens is 3. The number of aryl methyl sites for hydroxylation is 1. The first-order valence-corrected chi connectivity index (χ1v) is 4.59. The fraction of sp³-hybridized carbons (Fsp3) is 0.200. The topological polar surface area (TPSA) is 65.8 Å². The second-order valence-corrected chi connectivity index (χ2v) is 3.41. The quantitative estimate of drug-likeness (QED) is 0.760. The highest BCUT2D eigenvalue weighted by molar-refractivity contribution is 5.29. The van der Waals surface area contributed by atoms with Gasteiger partial charge in [-0.25, -0.2) is 9.78 Å². The lowest BCUT2D eigenvalue weighted by atomic mass is 10.3. The van der Waals surface area contributed by atoms with Crippen molar-refractivity contribution in [2.45, 2.75) is 6.54 Å². The summed E-state index contributed by atoms with van der Waals surface area (Å²) in [5.41, 5.74) is 6.39. The molecule has 0 aliphatic rings. The van der Waals surface area contributed by atoms with E-state index < -0.39 is 0 Å². The number of nitrogen functional groups attached to an aromatic ring is 1. The van der Waals surface area contributed by atoms with Crippen LogP contribution in [0, 0.1) is 0 Å². The first-order chi connectivity index (χ1) is 7.16. The maximum Gasteiger partial charge on any atom is 0.328 e. The molecule has 2 aromatic heterocycles. The van der Waals surface area contributed by atoms with E-state index in [0.29, 0.717) is 12.4 Å². The van der Waals surface area contributed by atoms with Gasteiger partial charge < -0.3 is 10.3 Å². The molecule has 5 nitrogen and oxygen atoms in total. The zero-order valence-corrected chi connectivity index (χ0v) is 8.42. The fourth-order valence-corrected chi connectivity index (χ4v) is 1.36. The number of nitrogens with two attached hydrogens (primary N) is 1. The predicted molar refractivity (Wildman–Crippen MR) is 57.4 cm³/mol. The van der Waals surface area contributed by atoms with E-state index >= 15 is 0 Å². The third-order valence-corrected chi connectivity index (χ3v) is 2.22. The van der Waals surface area contributed by atoms with E-state index in [1.165, 1.54) is 4.57 Å². The Morgan fingerprint density at radius 2 is 2.20 bits per heavy atom. The van der Waals surface area contributed by atoms with Crippen molar-refractivity contribution in [3.8, 4) is 0 Å². The Hall–Kier alpha value is -2.04. The van der Waals surface area contributed by atoms with Crippen LogP contribution in [-0.4, -0.2) is 14.1 Å². The van der Waals surface area contributed by atoms with Gasteiger partial charge in [-0.05, 0) is 11.6 Å². The summed E-state index contributed by atoms with van der Waals surface area (Å²) >= 11 is 0. The minimum atomic E-state index is -0.0353. The Kier molecular flexibility index (Phi) is 2.29. The molecule has 2 N–H and O–H groups in total. The summed E-state index contributed by atoms with van der Waals surface area (Å²) in [6.07, 6.45) is 5.15. The number of anilines is 1. The minimum absolute atomic E-state index is 0.0353. The molecule has 0 aromatic carbocycles. The van der Waals surface area contributed by atoms with E-state index in [2.05, 4.69) is 4.98 Å². The second-order valence-electron chi connectivity index (χ2n) is 3.41. The molecule has 0 saturated heterocycles. The van der Waals surface area contributed by atoms with Crippen LogP contribution in [0.1, 0.15) is 5.56 Å². The van der Waals surface area contributed by atoms with E-state index in [0.717, 1.165) is 5.56 Å². The molecule has 0 radical (unpaired) electrons. The summed E-state index contributed by atoms with van der Waals surface area (Å²) in [6.45, 7) is 0.521. The first-order valence-electron chi connectivity index (χ1n) is 4.59. The van der Waals surface area contributed by atoms with Crippen molar-refractivity contribution in [1.29, 1.82) is 0 Å². The van der Waals surface area contributed by atoms with Crippen LogP contribution in [0.3, 0.4) is 0 Å². The largest absolute Gasteiger partial charge is 0.384 e. The highest BCUT2D eigenvalue weighted by Crippen LogP contribution is 2.02. The second kappa shape index (κ2) is 3.61. The number of nitrogens with zero attached hydrogens (tertiary/aromatic N) is 3. The highest BCUT2D eigenvalue weighted by atomic mass is 16.1. The van der Waals surface area contributed by atoms with E-state index in [9.17, 15) is 4.79 Å². The molecule has 0 spiro atoms. The Morgan fingerprint density at radius 1 is 1.40 bits per heavy atom. The minimum Gasteiger partial charge on any atom is -0.384 e. The maximum atomic E-state index is 11.5. The molecule has 0 aliphatic heterocycles. The van der Waals surface area contributed by atoms with Crippen LogP contribution in [0.25, 0.3) is 0 Å². The number of hydrogen-bond acceptors (Lipinski definition) is 3. The molecule has 0 saturated carbocycles. The van der Waals surface area contributed by atoms with E-state index in [4.69, 9.17) is 5.73 Å². The lowest BCUT2D eigenvalue weighted by molar-refractivity contribution is 0.716. The van der Waals surface area contributed by atoms with Gasteiger partial charge in [-0.15, -0.1) is 0 Å². The average Bonchev–Trinajstić information content (AvgIpc) is 2.53. The van der Waals surface area contributed by atoms with Crippen molar-refractivity contribution in [3.63, 3.8) is 0 Å². The Balaban J connectivity index is 2.26. The first kappa shape index (κ1) is 9.51. The smallest absolute Gasteiger partial charge is 0.328 e. The molecular weight excluding hydrogens is 192 g/mol. The van der Waals surface area contributed by atoms with Crippen molar-refractivity contribution in [2.24, 2.45) is 7.05 Å². The molecule has 2 heterocycles. The van der Waals surface area contributed by atoms with Gasteiger partial charge in [0.2, 0.25) is 0 Å². The third-order valence-electron chi connectivity index (χ3n) is 2.22. The normalized spacial score (nSPS) is 10.5.